The van der Waals surface area contributed by atoms with Crippen molar-refractivity contribution in [2.24, 2.45) is 0 Å². The monoisotopic (exact) mass is 295 g/mol. The van der Waals surface area contributed by atoms with Crippen LogP contribution in [0, 0.1) is 13.8 Å². The quantitative estimate of drug-likeness (QED) is 0.792. The third-order valence-corrected chi connectivity index (χ3v) is 5.18. The van der Waals surface area contributed by atoms with Gasteiger partial charge in [-0.15, -0.1) is 0 Å². The van der Waals surface area contributed by atoms with Gasteiger partial charge in [0.2, 0.25) is 0 Å². The zero-order valence-corrected chi connectivity index (χ0v) is 14.3. The number of hydrogen-bond donors (Lipinski definition) is 1. The topological polar surface area (TPSA) is 29.1 Å². The molecule has 3 heteroatoms. The average molecular weight is 295 g/mol. The molecule has 2 nitrogen and oxygen atoms in total. The summed E-state index contributed by atoms with van der Waals surface area (Å²) in [5.41, 5.74) is 3.70. The predicted octanol–water partition coefficient (Wildman–Crippen LogP) is 3.72. The Hall–Kier alpha value is -0.670. The van der Waals surface area contributed by atoms with E-state index in [2.05, 4.69) is 58.1 Å². The fourth-order valence-electron chi connectivity index (χ4n) is 2.54. The van der Waals surface area contributed by atoms with Crippen LogP contribution in [0.25, 0.3) is 0 Å². The van der Waals surface area contributed by atoms with Crippen molar-refractivity contribution in [3.05, 3.63) is 34.9 Å². The Labute approximate surface area is 126 Å². The van der Waals surface area contributed by atoms with Crippen molar-refractivity contribution < 1.29 is 4.21 Å². The van der Waals surface area contributed by atoms with Crippen LogP contribution in [-0.4, -0.2) is 22.0 Å². The fourth-order valence-corrected chi connectivity index (χ4v) is 3.82. The van der Waals surface area contributed by atoms with Gasteiger partial charge in [0.05, 0.1) is 0 Å². The Morgan fingerprint density at radius 1 is 1.15 bits per heavy atom. The van der Waals surface area contributed by atoms with E-state index >= 15 is 0 Å². The smallest absolute Gasteiger partial charge is 0.0488 e. The minimum atomic E-state index is -0.798. The molecule has 0 aromatic heterocycles. The molecule has 1 rings (SSSR count). The summed E-state index contributed by atoms with van der Waals surface area (Å²) < 4.78 is 12.4. The molecular formula is C17H29NOS. The Kier molecular flexibility index (Phi) is 7.46. The fraction of sp³-hybridized carbons (Fsp3) is 0.647. The average Bonchev–Trinajstić information content (AvgIpc) is 2.34. The molecule has 1 aromatic carbocycles. The second-order valence-electron chi connectivity index (χ2n) is 5.92. The second-order valence-corrected chi connectivity index (χ2v) is 7.78. The first-order chi connectivity index (χ1) is 9.42. The van der Waals surface area contributed by atoms with Gasteiger partial charge in [-0.25, -0.2) is 0 Å². The highest BCUT2D eigenvalue weighted by Crippen LogP contribution is 2.14. The SMILES string of the molecule is CCCNC(C)CC(C)S(=O)Cc1cc(C)cc(C)c1. The molecule has 0 bridgehead atoms. The maximum atomic E-state index is 12.4. The van der Waals surface area contributed by atoms with Crippen molar-refractivity contribution in [2.45, 2.75) is 64.5 Å². The number of nitrogens with one attached hydrogen (secondary N) is 1. The van der Waals surface area contributed by atoms with Crippen LogP contribution in [0.1, 0.15) is 50.3 Å². The van der Waals surface area contributed by atoms with Crippen LogP contribution in [-0.2, 0) is 16.6 Å². The van der Waals surface area contributed by atoms with E-state index in [4.69, 9.17) is 0 Å². The molecule has 0 aliphatic rings. The zero-order chi connectivity index (χ0) is 15.1. The van der Waals surface area contributed by atoms with Gasteiger partial charge < -0.3 is 5.32 Å². The van der Waals surface area contributed by atoms with Crippen LogP contribution in [0.15, 0.2) is 18.2 Å². The van der Waals surface area contributed by atoms with Gasteiger partial charge in [-0.2, -0.15) is 0 Å². The van der Waals surface area contributed by atoms with Crippen molar-refractivity contribution in [1.29, 1.82) is 0 Å². The molecule has 0 heterocycles. The van der Waals surface area contributed by atoms with Crippen molar-refractivity contribution >= 4 is 10.8 Å². The molecule has 20 heavy (non-hydrogen) atoms. The molecule has 0 saturated carbocycles. The van der Waals surface area contributed by atoms with E-state index in [0.29, 0.717) is 11.8 Å². The third-order valence-electron chi connectivity index (χ3n) is 3.47. The van der Waals surface area contributed by atoms with Crippen LogP contribution in [0.2, 0.25) is 0 Å². The van der Waals surface area contributed by atoms with Crippen molar-refractivity contribution in [3.63, 3.8) is 0 Å². The van der Waals surface area contributed by atoms with Crippen LogP contribution in [0.3, 0.4) is 0 Å². The first kappa shape index (κ1) is 17.4. The van der Waals surface area contributed by atoms with Crippen LogP contribution < -0.4 is 5.32 Å². The molecule has 0 amide bonds. The zero-order valence-electron chi connectivity index (χ0n) is 13.5. The molecule has 0 spiro atoms. The predicted molar refractivity (Wildman–Crippen MR) is 89.6 cm³/mol. The molecule has 0 aliphatic heterocycles. The lowest BCUT2D eigenvalue weighted by atomic mass is 10.1. The Balaban J connectivity index is 2.52. The lowest BCUT2D eigenvalue weighted by molar-refractivity contribution is 0.508. The van der Waals surface area contributed by atoms with Gasteiger partial charge in [0.15, 0.2) is 0 Å². The van der Waals surface area contributed by atoms with E-state index in [-0.39, 0.29) is 5.25 Å². The van der Waals surface area contributed by atoms with E-state index in [1.54, 1.807) is 0 Å². The lowest BCUT2D eigenvalue weighted by Crippen LogP contribution is -2.31. The highest BCUT2D eigenvalue weighted by molar-refractivity contribution is 7.84. The number of benzene rings is 1. The van der Waals surface area contributed by atoms with Crippen molar-refractivity contribution in [3.8, 4) is 0 Å². The minimum Gasteiger partial charge on any atom is -0.314 e. The molecular weight excluding hydrogens is 266 g/mol. The summed E-state index contributed by atoms with van der Waals surface area (Å²) in [6, 6.07) is 6.90. The van der Waals surface area contributed by atoms with Gasteiger partial charge in [0, 0.05) is 27.8 Å². The first-order valence-corrected chi connectivity index (χ1v) is 8.98. The Morgan fingerprint density at radius 3 is 2.30 bits per heavy atom. The standard InChI is InChI=1S/C17H29NOS/c1-6-7-18-15(4)11-16(5)20(19)12-17-9-13(2)8-14(3)10-17/h8-10,15-16,18H,6-7,11-12H2,1-5H3. The normalized spacial score (nSPS) is 15.8. The van der Waals surface area contributed by atoms with Crippen LogP contribution in [0.4, 0.5) is 0 Å². The molecule has 1 aromatic rings. The lowest BCUT2D eigenvalue weighted by Gasteiger charge is -2.18. The van der Waals surface area contributed by atoms with Crippen LogP contribution >= 0.6 is 0 Å². The van der Waals surface area contributed by atoms with Gasteiger partial charge in [-0.1, -0.05) is 43.2 Å². The highest BCUT2D eigenvalue weighted by atomic mass is 32.2. The summed E-state index contributed by atoms with van der Waals surface area (Å²) in [5, 5.41) is 3.70. The number of hydrogen-bond acceptors (Lipinski definition) is 2. The van der Waals surface area contributed by atoms with E-state index < -0.39 is 10.8 Å². The number of rotatable bonds is 8. The van der Waals surface area contributed by atoms with Gasteiger partial charge in [-0.05, 0) is 45.7 Å². The largest absolute Gasteiger partial charge is 0.314 e. The molecule has 0 saturated heterocycles. The number of aryl methyl sites for hydroxylation is 2. The Bertz CT molecular complexity index is 424. The maximum absolute atomic E-state index is 12.4. The first-order valence-electron chi connectivity index (χ1n) is 7.60. The summed E-state index contributed by atoms with van der Waals surface area (Å²) in [6.07, 6.45) is 2.11. The molecule has 0 aliphatic carbocycles. The summed E-state index contributed by atoms with van der Waals surface area (Å²) in [7, 11) is -0.798. The molecule has 3 unspecified atom stereocenters. The van der Waals surface area contributed by atoms with E-state index in [9.17, 15) is 4.21 Å². The van der Waals surface area contributed by atoms with E-state index in [1.165, 1.54) is 16.7 Å². The summed E-state index contributed by atoms with van der Waals surface area (Å²) in [5.74, 6) is 0.671. The molecule has 0 fully saturated rings. The highest BCUT2D eigenvalue weighted by Gasteiger charge is 2.15. The van der Waals surface area contributed by atoms with Gasteiger partial charge in [0.25, 0.3) is 0 Å². The summed E-state index contributed by atoms with van der Waals surface area (Å²) >= 11 is 0. The molecule has 0 radical (unpaired) electrons. The van der Waals surface area contributed by atoms with Gasteiger partial charge >= 0.3 is 0 Å². The van der Waals surface area contributed by atoms with Crippen molar-refractivity contribution in [2.75, 3.05) is 6.54 Å². The molecule has 114 valence electrons. The van der Waals surface area contributed by atoms with E-state index in [0.717, 1.165) is 19.4 Å². The molecule has 1 N–H and O–H groups in total. The van der Waals surface area contributed by atoms with Gasteiger partial charge in [0.1, 0.15) is 0 Å². The second kappa shape index (κ2) is 8.58. The van der Waals surface area contributed by atoms with E-state index in [1.807, 2.05) is 0 Å². The summed E-state index contributed by atoms with van der Waals surface area (Å²) in [6.45, 7) is 11.7. The maximum Gasteiger partial charge on any atom is 0.0488 e. The Morgan fingerprint density at radius 2 is 1.75 bits per heavy atom. The third kappa shape index (κ3) is 6.19. The minimum absolute atomic E-state index is 0.232. The molecule has 3 atom stereocenters. The van der Waals surface area contributed by atoms with Crippen LogP contribution in [0.5, 0.6) is 0 Å². The summed E-state index contributed by atoms with van der Waals surface area (Å²) in [4.78, 5) is 0. The van der Waals surface area contributed by atoms with Crippen molar-refractivity contribution in [1.82, 2.24) is 5.32 Å². The van der Waals surface area contributed by atoms with Gasteiger partial charge in [-0.3, -0.25) is 4.21 Å².